The van der Waals surface area contributed by atoms with E-state index in [0.717, 1.165) is 25.7 Å². The number of rotatable bonds is 16. The van der Waals surface area contributed by atoms with Crippen LogP contribution in [0.3, 0.4) is 0 Å². The molecular weight excluding hydrogens is 490 g/mol. The Morgan fingerprint density at radius 1 is 0.514 bits per heavy atom. The quantitative estimate of drug-likeness (QED) is 0.123. The monoisotopic (exact) mass is 532 g/mol. The summed E-state index contributed by atoms with van der Waals surface area (Å²) in [6.07, 6.45) is 13.6. The van der Waals surface area contributed by atoms with E-state index in [2.05, 4.69) is 13.8 Å². The summed E-state index contributed by atoms with van der Waals surface area (Å²) >= 11 is 0. The number of ether oxygens (including phenoxy) is 2. The van der Waals surface area contributed by atoms with E-state index in [1.165, 1.54) is 51.4 Å². The third-order valence-electron chi connectivity index (χ3n) is 5.50. The molecule has 0 atom stereocenters. The van der Waals surface area contributed by atoms with Gasteiger partial charge in [-0.25, -0.2) is 9.59 Å². The standard InChI is InChI=1S/C24H38O4.C6H6.Zn/c1-3-5-7-9-11-15-19-27-23(25)21-17-13-14-18-22(21)24(26)28-20-16-12-10-8-6-4-2;1-2-4-6-5-3-1;/h13-14,17-18H,3-12,15-16,19-20H2,1-2H3;1-6H;. The van der Waals surface area contributed by atoms with E-state index in [9.17, 15) is 9.59 Å². The van der Waals surface area contributed by atoms with Gasteiger partial charge < -0.3 is 9.47 Å². The summed E-state index contributed by atoms with van der Waals surface area (Å²) in [6, 6.07) is 18.7. The molecule has 0 amide bonds. The van der Waals surface area contributed by atoms with Crippen LogP contribution in [0.15, 0.2) is 60.7 Å². The van der Waals surface area contributed by atoms with E-state index >= 15 is 0 Å². The molecule has 0 aliphatic rings. The predicted octanol–water partition coefficient (Wildman–Crippen LogP) is 8.41. The zero-order valence-electron chi connectivity index (χ0n) is 22.0. The van der Waals surface area contributed by atoms with Gasteiger partial charge in [-0.05, 0) is 25.0 Å². The molecule has 5 heteroatoms. The summed E-state index contributed by atoms with van der Waals surface area (Å²) in [5, 5.41) is 0. The van der Waals surface area contributed by atoms with Gasteiger partial charge in [0, 0.05) is 19.5 Å². The number of benzene rings is 2. The van der Waals surface area contributed by atoms with E-state index < -0.39 is 11.9 Å². The number of hydrogen-bond donors (Lipinski definition) is 0. The Labute approximate surface area is 225 Å². The molecule has 0 spiro atoms. The fourth-order valence-electron chi connectivity index (χ4n) is 3.47. The Bertz CT molecular complexity index is 688. The largest absolute Gasteiger partial charge is 0.462 e. The second-order valence-corrected chi connectivity index (χ2v) is 8.51. The minimum Gasteiger partial charge on any atom is -0.462 e. The van der Waals surface area contributed by atoms with Gasteiger partial charge in [-0.2, -0.15) is 0 Å². The van der Waals surface area contributed by atoms with Crippen LogP contribution in [-0.4, -0.2) is 25.2 Å². The predicted molar refractivity (Wildman–Crippen MR) is 140 cm³/mol. The van der Waals surface area contributed by atoms with Gasteiger partial charge in [0.2, 0.25) is 0 Å². The van der Waals surface area contributed by atoms with Crippen molar-refractivity contribution >= 4 is 11.9 Å². The topological polar surface area (TPSA) is 52.6 Å². The summed E-state index contributed by atoms with van der Waals surface area (Å²) in [7, 11) is 0. The van der Waals surface area contributed by atoms with Crippen molar-refractivity contribution in [1.29, 1.82) is 0 Å². The molecule has 0 aliphatic heterocycles. The second-order valence-electron chi connectivity index (χ2n) is 8.51. The minimum absolute atomic E-state index is 0. The molecule has 0 saturated carbocycles. The first-order valence-electron chi connectivity index (χ1n) is 13.1. The molecule has 0 radical (unpaired) electrons. The molecule has 0 unspecified atom stereocenters. The Balaban J connectivity index is 0.00000143. The van der Waals surface area contributed by atoms with Crippen molar-refractivity contribution in [3.63, 3.8) is 0 Å². The van der Waals surface area contributed by atoms with Gasteiger partial charge in [-0.3, -0.25) is 0 Å². The van der Waals surface area contributed by atoms with Crippen molar-refractivity contribution in [2.45, 2.75) is 90.9 Å². The van der Waals surface area contributed by atoms with E-state index in [0.29, 0.717) is 24.3 Å². The van der Waals surface area contributed by atoms with Crippen LogP contribution >= 0.6 is 0 Å². The van der Waals surface area contributed by atoms with Crippen LogP contribution in [0.2, 0.25) is 0 Å². The molecule has 0 bridgehead atoms. The number of hydrogen-bond acceptors (Lipinski definition) is 4. The second kappa shape index (κ2) is 23.7. The summed E-state index contributed by atoms with van der Waals surface area (Å²) in [6.45, 7) is 5.17. The van der Waals surface area contributed by atoms with Crippen LogP contribution in [0.1, 0.15) is 112 Å². The molecule has 2 aromatic carbocycles. The van der Waals surface area contributed by atoms with Crippen molar-refractivity contribution in [3.8, 4) is 0 Å². The molecule has 0 aromatic heterocycles. The number of unbranched alkanes of at least 4 members (excludes halogenated alkanes) is 10. The molecule has 35 heavy (non-hydrogen) atoms. The van der Waals surface area contributed by atoms with E-state index in [-0.39, 0.29) is 19.5 Å². The average molecular weight is 534 g/mol. The zero-order valence-corrected chi connectivity index (χ0v) is 25.0. The Kier molecular flexibility index (Phi) is 22.4. The van der Waals surface area contributed by atoms with Crippen molar-refractivity contribution < 1.29 is 38.5 Å². The first-order chi connectivity index (χ1) is 16.7. The molecule has 0 heterocycles. The normalized spacial score (nSPS) is 9.89. The van der Waals surface area contributed by atoms with Crippen LogP contribution in [-0.2, 0) is 29.0 Å². The van der Waals surface area contributed by atoms with Crippen molar-refractivity contribution in [2.75, 3.05) is 13.2 Å². The van der Waals surface area contributed by atoms with Gasteiger partial charge in [-0.15, -0.1) is 0 Å². The van der Waals surface area contributed by atoms with Crippen LogP contribution in [0.25, 0.3) is 0 Å². The molecule has 190 valence electrons. The first kappa shape index (κ1) is 33.0. The average Bonchev–Trinajstić information content (AvgIpc) is 2.88. The van der Waals surface area contributed by atoms with E-state index in [1.54, 1.807) is 24.3 Å². The minimum atomic E-state index is -0.444. The third kappa shape index (κ3) is 17.1. The third-order valence-corrected chi connectivity index (χ3v) is 5.50. The smallest absolute Gasteiger partial charge is 0.339 e. The maximum absolute atomic E-state index is 12.4. The fourth-order valence-corrected chi connectivity index (χ4v) is 3.47. The number of carbonyl (C=O) groups is 2. The Morgan fingerprint density at radius 3 is 1.17 bits per heavy atom. The van der Waals surface area contributed by atoms with Gasteiger partial charge in [-0.1, -0.05) is 127 Å². The molecule has 4 nitrogen and oxygen atoms in total. The van der Waals surface area contributed by atoms with Gasteiger partial charge >= 0.3 is 11.9 Å². The Hall–Kier alpha value is -2.00. The molecule has 0 aliphatic carbocycles. The number of esters is 2. The molecule has 2 aromatic rings. The maximum atomic E-state index is 12.4. The summed E-state index contributed by atoms with van der Waals surface area (Å²) in [5.74, 6) is -0.888. The molecule has 0 fully saturated rings. The van der Waals surface area contributed by atoms with Crippen LogP contribution in [0.4, 0.5) is 0 Å². The first-order valence-corrected chi connectivity index (χ1v) is 13.1. The maximum Gasteiger partial charge on any atom is 0.339 e. The van der Waals surface area contributed by atoms with E-state index in [1.807, 2.05) is 36.4 Å². The van der Waals surface area contributed by atoms with Crippen molar-refractivity contribution in [3.05, 3.63) is 71.8 Å². The van der Waals surface area contributed by atoms with Crippen LogP contribution in [0, 0.1) is 0 Å². The van der Waals surface area contributed by atoms with Crippen molar-refractivity contribution in [2.24, 2.45) is 0 Å². The zero-order chi connectivity index (χ0) is 24.7. The van der Waals surface area contributed by atoms with Crippen LogP contribution in [0.5, 0.6) is 0 Å². The Morgan fingerprint density at radius 2 is 0.829 bits per heavy atom. The molecular formula is C30H44O4Zn. The fraction of sp³-hybridized carbons (Fsp3) is 0.533. The van der Waals surface area contributed by atoms with E-state index in [4.69, 9.17) is 9.47 Å². The van der Waals surface area contributed by atoms with Gasteiger partial charge in [0.05, 0.1) is 24.3 Å². The summed E-state index contributed by atoms with van der Waals surface area (Å²) < 4.78 is 10.7. The number of carbonyl (C=O) groups excluding carboxylic acids is 2. The summed E-state index contributed by atoms with van der Waals surface area (Å²) in [4.78, 5) is 24.7. The van der Waals surface area contributed by atoms with Crippen molar-refractivity contribution in [1.82, 2.24) is 0 Å². The summed E-state index contributed by atoms with van der Waals surface area (Å²) in [5.41, 5.74) is 0.586. The molecule has 2 rings (SSSR count). The van der Waals surface area contributed by atoms with Crippen LogP contribution < -0.4 is 0 Å². The van der Waals surface area contributed by atoms with Gasteiger partial charge in [0.15, 0.2) is 0 Å². The van der Waals surface area contributed by atoms with Gasteiger partial charge in [0.25, 0.3) is 0 Å². The SMILES string of the molecule is CCCCCCCCOC(=O)c1ccccc1C(=O)OCCCCCCCC.[Zn].c1ccccc1. The van der Waals surface area contributed by atoms with Gasteiger partial charge in [0.1, 0.15) is 0 Å². The molecule has 0 saturated heterocycles. The molecule has 0 N–H and O–H groups in total.